The number of thioether (sulfide) groups is 2. The Morgan fingerprint density at radius 2 is 0.712 bits per heavy atom. The van der Waals surface area contributed by atoms with E-state index in [9.17, 15) is 39.0 Å². The van der Waals surface area contributed by atoms with Gasteiger partial charge in [-0.3, -0.25) is 28.8 Å². The van der Waals surface area contributed by atoms with Gasteiger partial charge in [0.15, 0.2) is 0 Å². The number of carbonyl (C=O) groups excluding carboxylic acids is 6. The fraction of sp³-hybridized carbons (Fsp3) is 0.870. The van der Waals surface area contributed by atoms with Crippen LogP contribution in [-0.2, 0) is 28.8 Å². The summed E-state index contributed by atoms with van der Waals surface area (Å²) in [7, 11) is 0. The monoisotopic (exact) mass is 977 g/mol. The minimum Gasteiger partial charge on any atom is -0.394 e. The summed E-state index contributed by atoms with van der Waals surface area (Å²) in [6.45, 7) is 4.27. The quantitative estimate of drug-likeness (QED) is 0.0388. The van der Waals surface area contributed by atoms with Crippen LogP contribution in [0.15, 0.2) is 0 Å². The van der Waals surface area contributed by atoms with Gasteiger partial charge < -0.3 is 65.0 Å². The third-order valence-electron chi connectivity index (χ3n) is 11.1. The van der Waals surface area contributed by atoms with Crippen molar-refractivity contribution in [1.29, 1.82) is 0 Å². The van der Waals surface area contributed by atoms with Gasteiger partial charge >= 0.3 is 0 Å². The Morgan fingerprint density at radius 3 is 1.00 bits per heavy atom. The number of amides is 6. The maximum absolute atomic E-state index is 13.4. The smallest absolute Gasteiger partial charge is 0.244 e. The highest BCUT2D eigenvalue weighted by molar-refractivity contribution is 8.03. The minimum absolute atomic E-state index is 0.0901. The molecule has 4 unspecified atom stereocenters. The van der Waals surface area contributed by atoms with Crippen LogP contribution in [0, 0.1) is 0 Å². The molecule has 0 bridgehead atoms. The van der Waals surface area contributed by atoms with Crippen LogP contribution in [0.3, 0.4) is 0 Å². The highest BCUT2D eigenvalue weighted by Gasteiger charge is 2.29. The molecule has 66 heavy (non-hydrogen) atoms. The van der Waals surface area contributed by atoms with Gasteiger partial charge in [0.25, 0.3) is 0 Å². The number of nitrogens with one attached hydrogen (secondary N) is 6. The third-order valence-corrected chi connectivity index (χ3v) is 13.5. The topological polar surface area (TPSA) is 319 Å². The molecule has 6 atom stereocenters. The average Bonchev–Trinajstić information content (AvgIpc) is 3.30. The summed E-state index contributed by atoms with van der Waals surface area (Å²) < 4.78 is 0. The van der Waals surface area contributed by atoms with Gasteiger partial charge in [0.2, 0.25) is 35.4 Å². The lowest BCUT2D eigenvalue weighted by atomic mass is 10.1. The van der Waals surface area contributed by atoms with Crippen molar-refractivity contribution in [2.45, 2.75) is 191 Å². The number of rotatable bonds is 45. The summed E-state index contributed by atoms with van der Waals surface area (Å²) in [5, 5.41) is 36.0. The highest BCUT2D eigenvalue weighted by Crippen LogP contribution is 2.13. The van der Waals surface area contributed by atoms with E-state index in [1.165, 1.54) is 101 Å². The fourth-order valence-electron chi connectivity index (χ4n) is 6.89. The molecule has 0 aromatic rings. The molecule has 0 aliphatic rings. The van der Waals surface area contributed by atoms with Crippen LogP contribution < -0.4 is 54.8 Å². The summed E-state index contributed by atoms with van der Waals surface area (Å²) in [5.41, 5.74) is 23.1. The Balaban J connectivity index is 5.23. The summed E-state index contributed by atoms with van der Waals surface area (Å²) >= 11 is 2.64. The first-order valence-corrected chi connectivity index (χ1v) is 27.3. The minimum atomic E-state index is -1.23. The maximum Gasteiger partial charge on any atom is 0.244 e. The number of hydrogen-bond acceptors (Lipinski definition) is 14. The molecule has 0 aliphatic heterocycles. The maximum atomic E-state index is 13.4. The van der Waals surface area contributed by atoms with E-state index >= 15 is 0 Å². The van der Waals surface area contributed by atoms with E-state index in [0.29, 0.717) is 24.6 Å². The van der Waals surface area contributed by atoms with E-state index in [1.807, 2.05) is 0 Å². The van der Waals surface area contributed by atoms with Crippen LogP contribution >= 0.6 is 23.5 Å². The van der Waals surface area contributed by atoms with Gasteiger partial charge in [0, 0.05) is 36.1 Å². The first-order chi connectivity index (χ1) is 31.9. The van der Waals surface area contributed by atoms with Crippen molar-refractivity contribution in [2.24, 2.45) is 22.9 Å². The van der Waals surface area contributed by atoms with Gasteiger partial charge in [-0.2, -0.15) is 23.5 Å². The number of hydrogen-bond donors (Lipinski definition) is 12. The van der Waals surface area contributed by atoms with E-state index in [1.54, 1.807) is 0 Å². The zero-order valence-electron chi connectivity index (χ0n) is 40.6. The molecule has 0 aromatic heterocycles. The Bertz CT molecular complexity index is 1200. The van der Waals surface area contributed by atoms with Gasteiger partial charge in [-0.05, 0) is 38.8 Å². The number of nitrogens with two attached hydrogens (primary N) is 4. The van der Waals surface area contributed by atoms with Crippen molar-refractivity contribution in [1.82, 2.24) is 31.9 Å². The molecule has 0 saturated heterocycles. The lowest BCUT2D eigenvalue weighted by molar-refractivity contribution is -0.132. The Morgan fingerprint density at radius 1 is 0.424 bits per heavy atom. The van der Waals surface area contributed by atoms with Crippen LogP contribution in [-0.4, -0.2) is 144 Å². The van der Waals surface area contributed by atoms with Crippen LogP contribution in [0.25, 0.3) is 0 Å². The molecule has 6 amide bonds. The standard InChI is InChI=1S/C46H92N10O8S2/c1-3-5-7-9-11-13-15-17-19-21-27-51-43(61)37(31-57)53-45(63)39(55-41(59)35(49)23-25-47)33-65-29-30-66-34-40(56-42(60)36(50)24-26-48)46(64)54-38(32-58)44(62)52-28-22-20-18-16-14-12-10-8-6-4-2/h35-40,57-58H,3-34,47-50H2,1-2H3,(H,51,61)(H,52,62)(H,53,63)(H,54,64)(H,55,59)(H,56,60)/t35?,36?,37-,38-,39?,40?/m0/s1. The van der Waals surface area contributed by atoms with E-state index in [-0.39, 0.29) is 37.4 Å². The van der Waals surface area contributed by atoms with Gasteiger partial charge in [-0.25, -0.2) is 0 Å². The lowest BCUT2D eigenvalue weighted by Gasteiger charge is -2.24. The van der Waals surface area contributed by atoms with Crippen molar-refractivity contribution in [3.63, 3.8) is 0 Å². The van der Waals surface area contributed by atoms with Crippen molar-refractivity contribution in [3.8, 4) is 0 Å². The Kier molecular flexibility index (Phi) is 41.8. The predicted molar refractivity (Wildman–Crippen MR) is 270 cm³/mol. The second-order valence-electron chi connectivity index (χ2n) is 17.1. The molecular weight excluding hydrogens is 885 g/mol. The largest absolute Gasteiger partial charge is 0.394 e. The Labute approximate surface area is 405 Å². The molecule has 0 aromatic carbocycles. The number of aliphatic hydroxyl groups is 2. The summed E-state index contributed by atoms with van der Waals surface area (Å²) in [4.78, 5) is 78.4. The van der Waals surface area contributed by atoms with Crippen molar-refractivity contribution >= 4 is 59.0 Å². The van der Waals surface area contributed by atoms with Gasteiger partial charge in [-0.15, -0.1) is 0 Å². The highest BCUT2D eigenvalue weighted by atomic mass is 32.2. The first kappa shape index (κ1) is 63.3. The molecule has 0 aliphatic carbocycles. The molecule has 18 nitrogen and oxygen atoms in total. The molecule has 0 rings (SSSR count). The molecule has 386 valence electrons. The Hall–Kier alpha value is -2.72. The van der Waals surface area contributed by atoms with Gasteiger partial charge in [-0.1, -0.05) is 129 Å². The van der Waals surface area contributed by atoms with E-state index < -0.39 is 84.9 Å². The van der Waals surface area contributed by atoms with Crippen molar-refractivity contribution < 1.29 is 39.0 Å². The second kappa shape index (κ2) is 43.6. The number of unbranched alkanes of at least 4 members (excludes halogenated alkanes) is 18. The van der Waals surface area contributed by atoms with Crippen molar-refractivity contribution in [3.05, 3.63) is 0 Å². The predicted octanol–water partition coefficient (Wildman–Crippen LogP) is 1.80. The average molecular weight is 977 g/mol. The van der Waals surface area contributed by atoms with Gasteiger partial charge in [0.05, 0.1) is 25.3 Å². The summed E-state index contributed by atoms with van der Waals surface area (Å²) in [6, 6.07) is -6.57. The van der Waals surface area contributed by atoms with E-state index in [2.05, 4.69) is 45.7 Å². The molecule has 0 spiro atoms. The normalized spacial score (nSPS) is 14.0. The number of aliphatic hydroxyl groups excluding tert-OH is 2. The summed E-state index contributed by atoms with van der Waals surface area (Å²) in [6.07, 6.45) is 23.4. The zero-order chi connectivity index (χ0) is 49.2. The molecule has 0 fully saturated rings. The van der Waals surface area contributed by atoms with E-state index in [4.69, 9.17) is 22.9 Å². The molecule has 0 radical (unpaired) electrons. The van der Waals surface area contributed by atoms with Crippen LogP contribution in [0.1, 0.15) is 155 Å². The first-order valence-electron chi connectivity index (χ1n) is 25.0. The van der Waals surface area contributed by atoms with E-state index in [0.717, 1.165) is 51.4 Å². The molecule has 0 heterocycles. The number of carbonyl (C=O) groups is 6. The van der Waals surface area contributed by atoms with Crippen LogP contribution in [0.4, 0.5) is 0 Å². The molecule has 20 heteroatoms. The second-order valence-corrected chi connectivity index (χ2v) is 19.4. The third kappa shape index (κ3) is 32.9. The SMILES string of the molecule is CCCCCCCCCCCCNC(=O)[C@H](CO)NC(=O)C(CSCCSCC(NC(=O)C(N)CCN)C(=O)N[C@@H](CO)C(=O)NCCCCCCCCCCCC)NC(=O)C(N)CCN. The van der Waals surface area contributed by atoms with Crippen LogP contribution in [0.5, 0.6) is 0 Å². The fourth-order valence-corrected chi connectivity index (χ4v) is 9.11. The molecule has 0 saturated carbocycles. The summed E-state index contributed by atoms with van der Waals surface area (Å²) in [5.74, 6) is -2.51. The zero-order valence-corrected chi connectivity index (χ0v) is 42.2. The molecular formula is C46H92N10O8S2. The molecule has 16 N–H and O–H groups in total. The van der Waals surface area contributed by atoms with Crippen molar-refractivity contribution in [2.75, 3.05) is 62.4 Å². The van der Waals surface area contributed by atoms with Gasteiger partial charge in [0.1, 0.15) is 24.2 Å². The van der Waals surface area contributed by atoms with Crippen LogP contribution in [0.2, 0.25) is 0 Å². The lowest BCUT2D eigenvalue weighted by Crippen LogP contribution is -2.57.